The van der Waals surface area contributed by atoms with E-state index in [1.165, 1.54) is 13.8 Å². The number of aliphatic carboxylic acids is 1. The van der Waals surface area contributed by atoms with Gasteiger partial charge in [-0.25, -0.2) is 0 Å². The highest BCUT2D eigenvalue weighted by Gasteiger charge is 2.35. The number of aliphatic hydroxyl groups is 1. The summed E-state index contributed by atoms with van der Waals surface area (Å²) in [7, 11) is 0. The lowest BCUT2D eigenvalue weighted by Crippen LogP contribution is -2.41. The summed E-state index contributed by atoms with van der Waals surface area (Å²) in [6, 6.07) is -0.128. The van der Waals surface area contributed by atoms with Crippen molar-refractivity contribution in [1.82, 2.24) is 4.90 Å². The van der Waals surface area contributed by atoms with Gasteiger partial charge in [0.15, 0.2) is 0 Å². The standard InChI is InChI=1S/C11H19NO4/c1-11(2,10(15)16)6-9(14)12-5-3-4-8(12)7-13/h8,13H,3-7H2,1-2H3,(H,15,16)/t8-/m1/s1. The fraction of sp³-hybridized carbons (Fsp3) is 0.818. The van der Waals surface area contributed by atoms with Gasteiger partial charge in [-0.05, 0) is 26.7 Å². The van der Waals surface area contributed by atoms with Gasteiger partial charge < -0.3 is 15.1 Å². The van der Waals surface area contributed by atoms with E-state index in [-0.39, 0.29) is 25.0 Å². The van der Waals surface area contributed by atoms with E-state index >= 15 is 0 Å². The normalized spacial score (nSPS) is 21.2. The summed E-state index contributed by atoms with van der Waals surface area (Å²) in [4.78, 5) is 24.4. The van der Waals surface area contributed by atoms with Gasteiger partial charge in [-0.15, -0.1) is 0 Å². The third-order valence-electron chi connectivity index (χ3n) is 3.08. The maximum atomic E-state index is 11.9. The zero-order chi connectivity index (χ0) is 12.3. The van der Waals surface area contributed by atoms with Gasteiger partial charge in [0.05, 0.1) is 18.1 Å². The van der Waals surface area contributed by atoms with Gasteiger partial charge in [-0.1, -0.05) is 0 Å². The summed E-state index contributed by atoms with van der Waals surface area (Å²) in [5.74, 6) is -1.15. The third kappa shape index (κ3) is 2.72. The van der Waals surface area contributed by atoms with E-state index in [9.17, 15) is 9.59 Å². The molecule has 1 heterocycles. The Bertz CT molecular complexity index is 288. The average molecular weight is 229 g/mol. The van der Waals surface area contributed by atoms with E-state index in [1.807, 2.05) is 0 Å². The Hall–Kier alpha value is -1.10. The van der Waals surface area contributed by atoms with Crippen LogP contribution in [-0.4, -0.2) is 46.2 Å². The molecule has 0 aliphatic carbocycles. The summed E-state index contributed by atoms with van der Waals surface area (Å²) >= 11 is 0. The van der Waals surface area contributed by atoms with Gasteiger partial charge in [0.25, 0.3) is 0 Å². The quantitative estimate of drug-likeness (QED) is 0.734. The highest BCUT2D eigenvalue weighted by molar-refractivity contribution is 5.84. The van der Waals surface area contributed by atoms with E-state index in [2.05, 4.69) is 0 Å². The van der Waals surface area contributed by atoms with Crippen molar-refractivity contribution >= 4 is 11.9 Å². The lowest BCUT2D eigenvalue weighted by Gasteiger charge is -2.27. The highest BCUT2D eigenvalue weighted by Crippen LogP contribution is 2.25. The smallest absolute Gasteiger partial charge is 0.309 e. The molecule has 5 nitrogen and oxygen atoms in total. The first-order valence-corrected chi connectivity index (χ1v) is 5.52. The number of amides is 1. The summed E-state index contributed by atoms with van der Waals surface area (Å²) in [5.41, 5.74) is -1.04. The molecule has 1 rings (SSSR count). The van der Waals surface area contributed by atoms with E-state index in [1.54, 1.807) is 4.90 Å². The topological polar surface area (TPSA) is 77.8 Å². The number of nitrogens with zero attached hydrogens (tertiary/aromatic N) is 1. The molecule has 5 heteroatoms. The fourth-order valence-corrected chi connectivity index (χ4v) is 1.91. The zero-order valence-corrected chi connectivity index (χ0v) is 9.77. The van der Waals surface area contributed by atoms with E-state index < -0.39 is 11.4 Å². The molecule has 0 bridgehead atoms. The Morgan fingerprint density at radius 3 is 2.56 bits per heavy atom. The van der Waals surface area contributed by atoms with Gasteiger partial charge in [0, 0.05) is 13.0 Å². The van der Waals surface area contributed by atoms with Gasteiger partial charge in [-0.3, -0.25) is 9.59 Å². The first-order valence-electron chi connectivity index (χ1n) is 5.52. The molecule has 0 saturated carbocycles. The maximum absolute atomic E-state index is 11.9. The zero-order valence-electron chi connectivity index (χ0n) is 9.77. The van der Waals surface area contributed by atoms with Crippen LogP contribution in [0.4, 0.5) is 0 Å². The molecule has 0 unspecified atom stereocenters. The number of likely N-dealkylation sites (tertiary alicyclic amines) is 1. The third-order valence-corrected chi connectivity index (χ3v) is 3.08. The second-order valence-corrected chi connectivity index (χ2v) is 4.93. The Morgan fingerprint density at radius 1 is 1.44 bits per heavy atom. The van der Waals surface area contributed by atoms with Crippen molar-refractivity contribution in [2.24, 2.45) is 5.41 Å². The molecule has 1 atom stereocenters. The maximum Gasteiger partial charge on any atom is 0.309 e. The van der Waals surface area contributed by atoms with Crippen LogP contribution in [0, 0.1) is 5.41 Å². The van der Waals surface area contributed by atoms with Crippen molar-refractivity contribution in [2.45, 2.75) is 39.2 Å². The Balaban J connectivity index is 2.62. The molecule has 1 aliphatic heterocycles. The summed E-state index contributed by atoms with van der Waals surface area (Å²) < 4.78 is 0. The number of carboxylic acid groups (broad SMARTS) is 1. The molecule has 1 fully saturated rings. The summed E-state index contributed by atoms with van der Waals surface area (Å²) in [5, 5.41) is 18.0. The van der Waals surface area contributed by atoms with Crippen LogP contribution in [0.25, 0.3) is 0 Å². The highest BCUT2D eigenvalue weighted by atomic mass is 16.4. The fourth-order valence-electron chi connectivity index (χ4n) is 1.91. The monoisotopic (exact) mass is 229 g/mol. The van der Waals surface area contributed by atoms with Crippen molar-refractivity contribution in [3.8, 4) is 0 Å². The average Bonchev–Trinajstić information content (AvgIpc) is 2.64. The van der Waals surface area contributed by atoms with Crippen molar-refractivity contribution in [1.29, 1.82) is 0 Å². The van der Waals surface area contributed by atoms with Crippen LogP contribution in [0.1, 0.15) is 33.1 Å². The van der Waals surface area contributed by atoms with Gasteiger partial charge in [0.1, 0.15) is 0 Å². The lowest BCUT2D eigenvalue weighted by molar-refractivity contribution is -0.151. The molecule has 2 N–H and O–H groups in total. The Morgan fingerprint density at radius 2 is 2.06 bits per heavy atom. The molecule has 92 valence electrons. The number of hydrogen-bond donors (Lipinski definition) is 2. The van der Waals surface area contributed by atoms with Crippen LogP contribution in [0.2, 0.25) is 0 Å². The SMILES string of the molecule is CC(C)(CC(=O)N1CCC[C@@H]1CO)C(=O)O. The van der Waals surface area contributed by atoms with Crippen LogP contribution in [0.15, 0.2) is 0 Å². The molecule has 0 aromatic rings. The summed E-state index contributed by atoms with van der Waals surface area (Å²) in [6.07, 6.45) is 1.67. The molecule has 1 aliphatic rings. The molecular formula is C11H19NO4. The van der Waals surface area contributed by atoms with E-state index in [0.29, 0.717) is 6.54 Å². The van der Waals surface area contributed by atoms with Crippen molar-refractivity contribution in [3.05, 3.63) is 0 Å². The lowest BCUT2D eigenvalue weighted by atomic mass is 9.89. The number of hydrogen-bond acceptors (Lipinski definition) is 3. The second kappa shape index (κ2) is 4.82. The number of carbonyl (C=O) groups is 2. The molecular weight excluding hydrogens is 210 g/mol. The molecule has 1 amide bonds. The van der Waals surface area contributed by atoms with E-state index in [0.717, 1.165) is 12.8 Å². The van der Waals surface area contributed by atoms with Crippen molar-refractivity contribution < 1.29 is 19.8 Å². The minimum absolute atomic E-state index is 0.0150. The van der Waals surface area contributed by atoms with Gasteiger partial charge >= 0.3 is 5.97 Å². The van der Waals surface area contributed by atoms with Crippen LogP contribution < -0.4 is 0 Å². The molecule has 1 saturated heterocycles. The minimum Gasteiger partial charge on any atom is -0.481 e. The predicted molar refractivity (Wildman–Crippen MR) is 57.9 cm³/mol. The largest absolute Gasteiger partial charge is 0.481 e. The van der Waals surface area contributed by atoms with Crippen LogP contribution in [-0.2, 0) is 9.59 Å². The minimum atomic E-state index is -1.04. The first-order chi connectivity index (χ1) is 7.38. The molecule has 0 radical (unpaired) electrons. The number of carboxylic acids is 1. The number of aliphatic hydroxyl groups excluding tert-OH is 1. The number of rotatable bonds is 4. The van der Waals surface area contributed by atoms with Gasteiger partial charge in [0.2, 0.25) is 5.91 Å². The van der Waals surface area contributed by atoms with Crippen molar-refractivity contribution in [2.75, 3.05) is 13.2 Å². The summed E-state index contributed by atoms with van der Waals surface area (Å²) in [6.45, 7) is 3.66. The van der Waals surface area contributed by atoms with Crippen LogP contribution >= 0.6 is 0 Å². The molecule has 0 aromatic carbocycles. The predicted octanol–water partition coefficient (Wildman–Crippen LogP) is 0.471. The second-order valence-electron chi connectivity index (χ2n) is 4.93. The van der Waals surface area contributed by atoms with Crippen molar-refractivity contribution in [3.63, 3.8) is 0 Å². The van der Waals surface area contributed by atoms with Gasteiger partial charge in [-0.2, -0.15) is 0 Å². The van der Waals surface area contributed by atoms with Crippen LogP contribution in [0.3, 0.4) is 0 Å². The number of carbonyl (C=O) groups excluding carboxylic acids is 1. The van der Waals surface area contributed by atoms with Crippen LogP contribution in [0.5, 0.6) is 0 Å². The van der Waals surface area contributed by atoms with E-state index in [4.69, 9.17) is 10.2 Å². The molecule has 0 aromatic heterocycles. The Kier molecular flexibility index (Phi) is 3.91. The first kappa shape index (κ1) is 13.0. The Labute approximate surface area is 95.1 Å². The molecule has 0 spiro atoms. The molecule has 16 heavy (non-hydrogen) atoms.